The highest BCUT2D eigenvalue weighted by Crippen LogP contribution is 2.44. The van der Waals surface area contributed by atoms with Crippen LogP contribution in [0, 0.1) is 26.9 Å². The molecule has 1 saturated carbocycles. The lowest BCUT2D eigenvalue weighted by Crippen LogP contribution is -2.57. The van der Waals surface area contributed by atoms with Crippen LogP contribution in [0.4, 0.5) is 11.5 Å². The van der Waals surface area contributed by atoms with Crippen LogP contribution in [0.15, 0.2) is 12.3 Å². The number of nitrogens with one attached hydrogen (secondary N) is 1. The van der Waals surface area contributed by atoms with Crippen LogP contribution in [0.1, 0.15) is 25.8 Å². The summed E-state index contributed by atoms with van der Waals surface area (Å²) in [6.45, 7) is 4.08. The van der Waals surface area contributed by atoms with Crippen molar-refractivity contribution in [2.45, 2.75) is 32.4 Å². The Bertz CT molecular complexity index is 579. The summed E-state index contributed by atoms with van der Waals surface area (Å²) < 4.78 is 5.35. The fraction of sp³-hybridized carbons (Fsp3) is 0.538. The number of nitrogens with zero attached hydrogens (tertiary/aromatic N) is 3. The monoisotopic (exact) mass is 276 g/mol. The van der Waals surface area contributed by atoms with E-state index in [2.05, 4.69) is 10.3 Å². The number of nitro groups is 1. The molecule has 0 spiro atoms. The molecule has 0 aromatic carbocycles. The summed E-state index contributed by atoms with van der Waals surface area (Å²) in [6.07, 6.45) is 2.22. The van der Waals surface area contributed by atoms with Gasteiger partial charge in [0, 0.05) is 30.8 Å². The van der Waals surface area contributed by atoms with Crippen molar-refractivity contribution in [2.75, 3.05) is 12.4 Å². The molecule has 0 aliphatic heterocycles. The predicted molar refractivity (Wildman–Crippen MR) is 72.2 cm³/mol. The molecule has 1 aromatic rings. The smallest absolute Gasteiger partial charge is 0.312 e. The molecule has 1 aliphatic rings. The molecule has 2 atom stereocenters. The molecule has 0 bridgehead atoms. The van der Waals surface area contributed by atoms with E-state index in [0.717, 1.165) is 6.42 Å². The highest BCUT2D eigenvalue weighted by molar-refractivity contribution is 5.59. The third-order valence-corrected chi connectivity index (χ3v) is 3.97. The van der Waals surface area contributed by atoms with Crippen LogP contribution in [-0.4, -0.2) is 29.2 Å². The molecule has 1 fully saturated rings. The van der Waals surface area contributed by atoms with E-state index in [4.69, 9.17) is 10.00 Å². The third kappa shape index (κ3) is 2.30. The summed E-state index contributed by atoms with van der Waals surface area (Å²) in [7, 11) is 1.66. The maximum atomic E-state index is 11.1. The minimum atomic E-state index is -0.532. The molecule has 106 valence electrons. The van der Waals surface area contributed by atoms with Crippen LogP contribution in [0.2, 0.25) is 0 Å². The van der Waals surface area contributed by atoms with Gasteiger partial charge in [0.2, 0.25) is 5.82 Å². The van der Waals surface area contributed by atoms with E-state index in [-0.39, 0.29) is 34.6 Å². The Morgan fingerprint density at radius 3 is 2.85 bits per heavy atom. The Morgan fingerprint density at radius 2 is 2.35 bits per heavy atom. The van der Waals surface area contributed by atoms with Crippen LogP contribution in [0.25, 0.3) is 0 Å². The summed E-state index contributed by atoms with van der Waals surface area (Å²) in [5, 5.41) is 22.9. The van der Waals surface area contributed by atoms with Gasteiger partial charge < -0.3 is 10.1 Å². The maximum absolute atomic E-state index is 11.1. The predicted octanol–water partition coefficient (Wildman–Crippen LogP) is 2.09. The number of ether oxygens (including phenoxy) is 1. The van der Waals surface area contributed by atoms with Crippen molar-refractivity contribution in [3.05, 3.63) is 27.9 Å². The van der Waals surface area contributed by atoms with Gasteiger partial charge in [0.05, 0.1) is 16.6 Å². The van der Waals surface area contributed by atoms with E-state index in [1.54, 1.807) is 7.11 Å². The molecule has 0 radical (unpaired) electrons. The van der Waals surface area contributed by atoms with Gasteiger partial charge in [-0.2, -0.15) is 5.26 Å². The van der Waals surface area contributed by atoms with Gasteiger partial charge in [-0.15, -0.1) is 0 Å². The third-order valence-electron chi connectivity index (χ3n) is 3.97. The zero-order chi connectivity index (χ0) is 14.9. The molecule has 1 aliphatic carbocycles. The maximum Gasteiger partial charge on any atom is 0.312 e. The van der Waals surface area contributed by atoms with E-state index >= 15 is 0 Å². The van der Waals surface area contributed by atoms with Gasteiger partial charge in [-0.05, 0) is 6.42 Å². The fourth-order valence-electron chi connectivity index (χ4n) is 2.46. The number of anilines is 1. The van der Waals surface area contributed by atoms with E-state index in [1.807, 2.05) is 19.9 Å². The number of hydrogen-bond donors (Lipinski definition) is 1. The summed E-state index contributed by atoms with van der Waals surface area (Å²) >= 11 is 0. The second-order valence-electron chi connectivity index (χ2n) is 5.44. The van der Waals surface area contributed by atoms with Crippen molar-refractivity contribution in [1.29, 1.82) is 5.26 Å². The topological polar surface area (TPSA) is 101 Å². The largest absolute Gasteiger partial charge is 0.381 e. The lowest BCUT2D eigenvalue weighted by molar-refractivity contribution is -0.384. The van der Waals surface area contributed by atoms with E-state index in [9.17, 15) is 10.1 Å². The average molecular weight is 276 g/mol. The Labute approximate surface area is 116 Å². The van der Waals surface area contributed by atoms with E-state index in [0.29, 0.717) is 0 Å². The van der Waals surface area contributed by atoms with Gasteiger partial charge in [0.25, 0.3) is 0 Å². The molecule has 7 nitrogen and oxygen atoms in total. The van der Waals surface area contributed by atoms with Gasteiger partial charge in [0.1, 0.15) is 6.07 Å². The van der Waals surface area contributed by atoms with Crippen LogP contribution < -0.4 is 5.32 Å². The molecule has 0 amide bonds. The Kier molecular flexibility index (Phi) is 3.59. The standard InChI is InChI=1S/C13H16N4O3/c1-13(2)10(5-11(13)20-3)16-12-9(17(18)19)4-8(6-14)7-15-12/h4,7,10-11H,5H2,1-3H3,(H,15,16). The first-order valence-corrected chi connectivity index (χ1v) is 6.24. The average Bonchev–Trinajstić information content (AvgIpc) is 2.42. The highest BCUT2D eigenvalue weighted by Gasteiger charge is 2.49. The van der Waals surface area contributed by atoms with Crippen molar-refractivity contribution in [3.63, 3.8) is 0 Å². The molecule has 2 rings (SSSR count). The second-order valence-corrected chi connectivity index (χ2v) is 5.44. The van der Waals surface area contributed by atoms with Gasteiger partial charge in [-0.3, -0.25) is 10.1 Å². The van der Waals surface area contributed by atoms with Crippen molar-refractivity contribution < 1.29 is 9.66 Å². The number of aromatic nitrogens is 1. The number of methoxy groups -OCH3 is 1. The molecular formula is C13H16N4O3. The SMILES string of the molecule is COC1CC(Nc2ncc(C#N)cc2[N+](=O)[O-])C1(C)C. The van der Waals surface area contributed by atoms with E-state index < -0.39 is 4.92 Å². The number of nitriles is 1. The number of pyridine rings is 1. The second kappa shape index (κ2) is 5.06. The minimum absolute atomic E-state index is 0.0478. The van der Waals surface area contributed by atoms with Gasteiger partial charge >= 0.3 is 5.69 Å². The van der Waals surface area contributed by atoms with E-state index in [1.165, 1.54) is 12.3 Å². The van der Waals surface area contributed by atoms with Crippen molar-refractivity contribution >= 4 is 11.5 Å². The van der Waals surface area contributed by atoms with Gasteiger partial charge in [-0.1, -0.05) is 13.8 Å². The molecule has 0 saturated heterocycles. The summed E-state index contributed by atoms with van der Waals surface area (Å²) in [6, 6.07) is 3.13. The Morgan fingerprint density at radius 1 is 1.65 bits per heavy atom. The highest BCUT2D eigenvalue weighted by atomic mass is 16.6. The molecule has 1 aromatic heterocycles. The number of hydrogen-bond acceptors (Lipinski definition) is 6. The normalized spacial score (nSPS) is 23.5. The van der Waals surface area contributed by atoms with Crippen molar-refractivity contribution in [1.82, 2.24) is 4.98 Å². The summed E-state index contributed by atoms with van der Waals surface area (Å²) in [5.41, 5.74) is -0.135. The van der Waals surface area contributed by atoms with Gasteiger partial charge in [0.15, 0.2) is 0 Å². The Balaban J connectivity index is 2.23. The first-order valence-electron chi connectivity index (χ1n) is 6.24. The van der Waals surface area contributed by atoms with Crippen LogP contribution in [0.5, 0.6) is 0 Å². The molecule has 2 unspecified atom stereocenters. The molecule has 7 heteroatoms. The van der Waals surface area contributed by atoms with Crippen LogP contribution in [0.3, 0.4) is 0 Å². The quantitative estimate of drug-likeness (QED) is 0.667. The fourth-order valence-corrected chi connectivity index (χ4v) is 2.46. The first-order chi connectivity index (χ1) is 9.40. The van der Waals surface area contributed by atoms with Gasteiger partial charge in [-0.25, -0.2) is 4.98 Å². The van der Waals surface area contributed by atoms with Crippen molar-refractivity contribution in [3.8, 4) is 6.07 Å². The lowest BCUT2D eigenvalue weighted by atomic mass is 9.64. The minimum Gasteiger partial charge on any atom is -0.381 e. The summed E-state index contributed by atoms with van der Waals surface area (Å²) in [5.74, 6) is 0.196. The van der Waals surface area contributed by atoms with Crippen molar-refractivity contribution in [2.24, 2.45) is 5.41 Å². The van der Waals surface area contributed by atoms with Crippen LogP contribution in [-0.2, 0) is 4.74 Å². The number of rotatable bonds is 4. The molecule has 20 heavy (non-hydrogen) atoms. The Hall–Kier alpha value is -2.20. The zero-order valence-electron chi connectivity index (χ0n) is 11.6. The molecule has 1 heterocycles. The lowest BCUT2D eigenvalue weighted by Gasteiger charge is -2.51. The molecule has 1 N–H and O–H groups in total. The summed E-state index contributed by atoms with van der Waals surface area (Å²) in [4.78, 5) is 14.5. The van der Waals surface area contributed by atoms with Crippen LogP contribution >= 0.6 is 0 Å². The first kappa shape index (κ1) is 14.2. The molecular weight excluding hydrogens is 260 g/mol. The zero-order valence-corrected chi connectivity index (χ0v) is 11.6.